The van der Waals surface area contributed by atoms with Crippen molar-refractivity contribution in [3.8, 4) is 0 Å². The summed E-state index contributed by atoms with van der Waals surface area (Å²) in [6.07, 6.45) is 9.80. The van der Waals surface area contributed by atoms with Gasteiger partial charge in [0.2, 0.25) is 11.8 Å². The molecular formula is C26H25ClFN5O3. The molecule has 1 aliphatic heterocycles. The number of carbonyl (C=O) groups excluding carboxylic acids is 3. The summed E-state index contributed by atoms with van der Waals surface area (Å²) in [6, 6.07) is 4.53. The lowest BCUT2D eigenvalue weighted by atomic mass is 9.93. The lowest BCUT2D eigenvalue weighted by Crippen LogP contribution is -2.48. The van der Waals surface area contributed by atoms with Crippen molar-refractivity contribution in [3.05, 3.63) is 77.2 Å². The third kappa shape index (κ3) is 4.24. The fraction of sp³-hybridized carbons (Fsp3) is 0.308. The van der Waals surface area contributed by atoms with Crippen molar-refractivity contribution in [1.29, 1.82) is 0 Å². The van der Waals surface area contributed by atoms with Gasteiger partial charge in [-0.2, -0.15) is 5.10 Å². The minimum Gasteiger partial charge on any atom is -0.364 e. The number of primary amides is 1. The topological polar surface area (TPSA) is 110 Å². The number of allylic oxidation sites excluding steroid dienone is 4. The van der Waals surface area contributed by atoms with Crippen molar-refractivity contribution in [1.82, 2.24) is 20.0 Å². The molecule has 2 aromatic rings. The molecule has 3 unspecified atom stereocenters. The van der Waals surface area contributed by atoms with Gasteiger partial charge in [0.1, 0.15) is 18.8 Å². The van der Waals surface area contributed by atoms with Gasteiger partial charge in [-0.15, -0.1) is 11.6 Å². The summed E-state index contributed by atoms with van der Waals surface area (Å²) in [4.78, 5) is 40.1. The number of nitrogens with zero attached hydrogens (tertiary/aromatic N) is 3. The minimum atomic E-state index is -1.27. The van der Waals surface area contributed by atoms with Crippen LogP contribution in [0, 0.1) is 12.8 Å². The molecule has 0 radical (unpaired) electrons. The van der Waals surface area contributed by atoms with Gasteiger partial charge in [0, 0.05) is 17.8 Å². The van der Waals surface area contributed by atoms with Crippen LogP contribution in [0.1, 0.15) is 22.5 Å². The van der Waals surface area contributed by atoms with Crippen molar-refractivity contribution in [2.45, 2.75) is 37.5 Å². The quantitative estimate of drug-likeness (QED) is 0.460. The summed E-state index contributed by atoms with van der Waals surface area (Å²) >= 11 is 6.03. The van der Waals surface area contributed by atoms with Crippen molar-refractivity contribution in [2.75, 3.05) is 6.54 Å². The lowest BCUT2D eigenvalue weighted by Gasteiger charge is -2.28. The number of hydrogen-bond donors (Lipinski definition) is 2. The Labute approximate surface area is 211 Å². The predicted octanol–water partition coefficient (Wildman–Crippen LogP) is 2.67. The predicted molar refractivity (Wildman–Crippen MR) is 134 cm³/mol. The van der Waals surface area contributed by atoms with Crippen molar-refractivity contribution < 1.29 is 18.8 Å². The smallest absolute Gasteiger partial charge is 0.269 e. The van der Waals surface area contributed by atoms with Crippen LogP contribution in [0.25, 0.3) is 10.9 Å². The van der Waals surface area contributed by atoms with Crippen LogP contribution in [0.4, 0.5) is 4.39 Å². The first-order valence-corrected chi connectivity index (χ1v) is 12.1. The molecule has 0 bridgehead atoms. The molecule has 3 N–H and O–H groups in total. The van der Waals surface area contributed by atoms with Crippen LogP contribution in [-0.4, -0.2) is 56.5 Å². The maximum atomic E-state index is 14.4. The Bertz CT molecular complexity index is 1390. The molecule has 5 rings (SSSR count). The molecule has 1 aromatic heterocycles. The normalized spacial score (nSPS) is 24.6. The van der Waals surface area contributed by atoms with Gasteiger partial charge < -0.3 is 11.1 Å². The van der Waals surface area contributed by atoms with E-state index in [0.29, 0.717) is 23.0 Å². The van der Waals surface area contributed by atoms with Crippen molar-refractivity contribution >= 4 is 40.2 Å². The van der Waals surface area contributed by atoms with E-state index in [1.54, 1.807) is 36.4 Å². The Morgan fingerprint density at radius 2 is 2.11 bits per heavy atom. The monoisotopic (exact) mass is 509 g/mol. The Hall–Kier alpha value is -3.72. The summed E-state index contributed by atoms with van der Waals surface area (Å²) in [5, 5.41) is 7.00. The first-order chi connectivity index (χ1) is 17.2. The van der Waals surface area contributed by atoms with Gasteiger partial charge in [-0.25, -0.2) is 4.39 Å². The molecule has 0 fully saturated rings. The molecule has 8 nitrogen and oxygen atoms in total. The molecule has 10 heteroatoms. The number of nitrogens with two attached hydrogens (primary N) is 1. The number of aryl methyl sites for hydroxylation is 1. The average Bonchev–Trinajstić information content (AvgIpc) is 3.52. The summed E-state index contributed by atoms with van der Waals surface area (Å²) in [5.41, 5.74) is 8.46. The summed E-state index contributed by atoms with van der Waals surface area (Å²) < 4.78 is 15.9. The molecule has 186 valence electrons. The SMILES string of the molecule is Cc1ccc2c(c1)c(C(N)=O)nn2CC(=O)N1C2=CC=CC2=C[C@H]1C(=O)NCC1C=CCC(Cl)C1F. The molecule has 3 aliphatic rings. The van der Waals surface area contributed by atoms with Crippen molar-refractivity contribution in [3.63, 3.8) is 0 Å². The molecule has 1 aromatic carbocycles. The van der Waals surface area contributed by atoms with E-state index in [1.165, 1.54) is 9.58 Å². The van der Waals surface area contributed by atoms with Gasteiger partial charge in [0.15, 0.2) is 5.69 Å². The second kappa shape index (κ2) is 9.39. The number of benzene rings is 1. The van der Waals surface area contributed by atoms with Gasteiger partial charge >= 0.3 is 0 Å². The van der Waals surface area contributed by atoms with E-state index in [4.69, 9.17) is 17.3 Å². The van der Waals surface area contributed by atoms with E-state index in [0.717, 1.165) is 11.1 Å². The van der Waals surface area contributed by atoms with E-state index in [2.05, 4.69) is 10.4 Å². The Morgan fingerprint density at radius 3 is 2.89 bits per heavy atom. The number of aromatic nitrogens is 2. The minimum absolute atomic E-state index is 0.0709. The number of halogens is 2. The molecule has 0 saturated heterocycles. The summed E-state index contributed by atoms with van der Waals surface area (Å²) in [7, 11) is 0. The highest BCUT2D eigenvalue weighted by Crippen LogP contribution is 2.33. The van der Waals surface area contributed by atoms with E-state index in [1.807, 2.05) is 25.1 Å². The van der Waals surface area contributed by atoms with Crippen LogP contribution in [0.15, 0.2) is 65.9 Å². The summed E-state index contributed by atoms with van der Waals surface area (Å²) in [5.74, 6) is -2.04. The van der Waals surface area contributed by atoms with Crippen LogP contribution < -0.4 is 11.1 Å². The molecule has 2 heterocycles. The van der Waals surface area contributed by atoms with Crippen LogP contribution >= 0.6 is 11.6 Å². The largest absolute Gasteiger partial charge is 0.364 e. The molecule has 36 heavy (non-hydrogen) atoms. The maximum absolute atomic E-state index is 14.4. The van der Waals surface area contributed by atoms with Gasteiger partial charge in [-0.1, -0.05) is 35.9 Å². The zero-order chi connectivity index (χ0) is 25.6. The zero-order valence-electron chi connectivity index (χ0n) is 19.5. The average molecular weight is 510 g/mol. The van der Waals surface area contributed by atoms with Crippen molar-refractivity contribution in [2.24, 2.45) is 11.7 Å². The number of amides is 3. The van der Waals surface area contributed by atoms with Gasteiger partial charge in [-0.3, -0.25) is 24.0 Å². The lowest BCUT2D eigenvalue weighted by molar-refractivity contribution is -0.136. The Morgan fingerprint density at radius 1 is 1.31 bits per heavy atom. The molecule has 0 spiro atoms. The van der Waals surface area contributed by atoms with E-state index in [-0.39, 0.29) is 24.7 Å². The fourth-order valence-corrected chi connectivity index (χ4v) is 5.14. The maximum Gasteiger partial charge on any atom is 0.269 e. The van der Waals surface area contributed by atoms with E-state index >= 15 is 0 Å². The molecular weight excluding hydrogens is 485 g/mol. The third-order valence-corrected chi connectivity index (χ3v) is 7.09. The molecule has 4 atom stereocenters. The van der Waals surface area contributed by atoms with Crippen LogP contribution in [0.5, 0.6) is 0 Å². The number of hydrogen-bond acceptors (Lipinski definition) is 4. The molecule has 0 saturated carbocycles. The van der Waals surface area contributed by atoms with E-state index in [9.17, 15) is 18.8 Å². The number of rotatable bonds is 6. The number of nitrogens with one attached hydrogen (secondary N) is 1. The highest BCUT2D eigenvalue weighted by Gasteiger charge is 2.39. The second-order valence-electron chi connectivity index (χ2n) is 9.17. The standard InChI is InChI=1S/C26H25ClFN5O3/c1-14-8-9-20-17(10-14)24(25(29)35)31-32(20)13-22(34)33-19-7-3-4-15(19)11-21(33)26(36)30-12-16-5-2-6-18(27)23(16)28/h2-5,7-11,16,18,21,23H,6,12-13H2,1H3,(H2,29,35)(H,30,36)/t16?,18?,21-,23?/m0/s1. The Kier molecular flexibility index (Phi) is 6.26. The van der Waals surface area contributed by atoms with Crippen LogP contribution in [-0.2, 0) is 16.1 Å². The first kappa shape index (κ1) is 24.0. The van der Waals surface area contributed by atoms with Gasteiger partial charge in [-0.05, 0) is 43.2 Å². The molecule has 3 amide bonds. The Balaban J connectivity index is 1.37. The fourth-order valence-electron chi connectivity index (χ4n) is 4.85. The van der Waals surface area contributed by atoms with Gasteiger partial charge in [0.05, 0.1) is 16.6 Å². The van der Waals surface area contributed by atoms with E-state index < -0.39 is 35.3 Å². The molecule has 2 aliphatic carbocycles. The second-order valence-corrected chi connectivity index (χ2v) is 9.73. The number of carbonyl (C=O) groups is 3. The van der Waals surface area contributed by atoms with Gasteiger partial charge in [0.25, 0.3) is 5.91 Å². The van der Waals surface area contributed by atoms with Crippen LogP contribution in [0.2, 0.25) is 0 Å². The zero-order valence-corrected chi connectivity index (χ0v) is 20.3. The third-order valence-electron chi connectivity index (χ3n) is 6.67. The first-order valence-electron chi connectivity index (χ1n) is 11.7. The number of alkyl halides is 2. The van der Waals surface area contributed by atoms with Crippen LogP contribution in [0.3, 0.4) is 0 Å². The highest BCUT2D eigenvalue weighted by molar-refractivity contribution is 6.21. The number of fused-ring (bicyclic) bond motifs is 2. The highest BCUT2D eigenvalue weighted by atomic mass is 35.5. The summed E-state index contributed by atoms with van der Waals surface area (Å²) in [6.45, 7) is 1.75.